The molecule has 2 aromatic carbocycles. The molecular formula is C20H19N3OS. The van der Waals surface area contributed by atoms with Gasteiger partial charge in [0.1, 0.15) is 0 Å². The van der Waals surface area contributed by atoms with Crippen molar-refractivity contribution in [2.75, 3.05) is 5.75 Å². The summed E-state index contributed by atoms with van der Waals surface area (Å²) in [5.41, 5.74) is 3.72. The van der Waals surface area contributed by atoms with Crippen LogP contribution < -0.4 is 0 Å². The first-order valence-corrected chi connectivity index (χ1v) is 9.16. The van der Waals surface area contributed by atoms with Gasteiger partial charge in [0.25, 0.3) is 0 Å². The molecule has 0 atom stereocenters. The van der Waals surface area contributed by atoms with Gasteiger partial charge in [-0.2, -0.15) is 5.26 Å². The SMILES string of the molecule is CC(C)c1ccc(N=C2SCC(=O)N2Cc2ccc(C#N)cc2)cc1. The number of nitrogens with zero attached hydrogens (tertiary/aromatic N) is 3. The van der Waals surface area contributed by atoms with Crippen LogP contribution in [0.5, 0.6) is 0 Å². The third-order valence-corrected chi connectivity index (χ3v) is 5.03. The maximum Gasteiger partial charge on any atom is 0.239 e. The number of nitriles is 1. The van der Waals surface area contributed by atoms with Gasteiger partial charge in [-0.3, -0.25) is 9.69 Å². The zero-order valence-electron chi connectivity index (χ0n) is 14.3. The lowest BCUT2D eigenvalue weighted by atomic mass is 10.0. The van der Waals surface area contributed by atoms with E-state index in [4.69, 9.17) is 5.26 Å². The lowest BCUT2D eigenvalue weighted by molar-refractivity contribution is -0.124. The summed E-state index contributed by atoms with van der Waals surface area (Å²) in [6, 6.07) is 17.5. The number of rotatable bonds is 4. The molecule has 0 unspecified atom stereocenters. The molecule has 0 aromatic heterocycles. The van der Waals surface area contributed by atoms with Gasteiger partial charge in [-0.05, 0) is 41.3 Å². The van der Waals surface area contributed by atoms with Crippen molar-refractivity contribution in [3.05, 3.63) is 65.2 Å². The minimum atomic E-state index is 0.0620. The highest BCUT2D eigenvalue weighted by Gasteiger charge is 2.28. The van der Waals surface area contributed by atoms with E-state index in [2.05, 4.69) is 37.0 Å². The van der Waals surface area contributed by atoms with Gasteiger partial charge in [-0.1, -0.05) is 49.9 Å². The number of thioether (sulfide) groups is 1. The van der Waals surface area contributed by atoms with E-state index in [1.54, 1.807) is 17.0 Å². The molecule has 2 aromatic rings. The molecule has 1 amide bonds. The van der Waals surface area contributed by atoms with Crippen LogP contribution in [0.3, 0.4) is 0 Å². The van der Waals surface area contributed by atoms with Gasteiger partial charge in [-0.25, -0.2) is 4.99 Å². The van der Waals surface area contributed by atoms with Crippen LogP contribution in [0.2, 0.25) is 0 Å². The predicted molar refractivity (Wildman–Crippen MR) is 102 cm³/mol. The van der Waals surface area contributed by atoms with Crippen LogP contribution in [-0.4, -0.2) is 21.7 Å². The molecule has 0 N–H and O–H groups in total. The molecule has 5 heteroatoms. The van der Waals surface area contributed by atoms with Crippen molar-refractivity contribution in [1.29, 1.82) is 5.26 Å². The molecule has 1 saturated heterocycles. The Hall–Kier alpha value is -2.58. The minimum absolute atomic E-state index is 0.0620. The summed E-state index contributed by atoms with van der Waals surface area (Å²) in [6.07, 6.45) is 0. The molecule has 0 spiro atoms. The van der Waals surface area contributed by atoms with E-state index < -0.39 is 0 Å². The Balaban J connectivity index is 1.79. The van der Waals surface area contributed by atoms with E-state index in [-0.39, 0.29) is 5.91 Å². The zero-order chi connectivity index (χ0) is 17.8. The second-order valence-electron chi connectivity index (χ2n) is 6.22. The molecule has 1 aliphatic rings. The normalized spacial score (nSPS) is 15.8. The van der Waals surface area contributed by atoms with Gasteiger partial charge in [0, 0.05) is 0 Å². The number of benzene rings is 2. The van der Waals surface area contributed by atoms with Crippen molar-refractivity contribution in [3.63, 3.8) is 0 Å². The largest absolute Gasteiger partial charge is 0.286 e. The van der Waals surface area contributed by atoms with Gasteiger partial charge < -0.3 is 0 Å². The highest BCUT2D eigenvalue weighted by Crippen LogP contribution is 2.26. The lowest BCUT2D eigenvalue weighted by Crippen LogP contribution is -2.28. The first-order valence-electron chi connectivity index (χ1n) is 8.17. The zero-order valence-corrected chi connectivity index (χ0v) is 15.1. The molecule has 1 aliphatic heterocycles. The summed E-state index contributed by atoms with van der Waals surface area (Å²) >= 11 is 1.46. The Bertz CT molecular complexity index is 833. The summed E-state index contributed by atoms with van der Waals surface area (Å²) in [7, 11) is 0. The van der Waals surface area contributed by atoms with E-state index >= 15 is 0 Å². The molecule has 25 heavy (non-hydrogen) atoms. The first kappa shape index (κ1) is 17.2. The van der Waals surface area contributed by atoms with Gasteiger partial charge in [0.05, 0.1) is 29.6 Å². The standard InChI is InChI=1S/C20H19N3OS/c1-14(2)17-7-9-18(10-8-17)22-20-23(19(24)13-25-20)12-16-5-3-15(11-21)4-6-16/h3-10,14H,12-13H2,1-2H3. The quantitative estimate of drug-likeness (QED) is 0.819. The topological polar surface area (TPSA) is 56.5 Å². The summed E-state index contributed by atoms with van der Waals surface area (Å²) in [5.74, 6) is 0.961. The fraction of sp³-hybridized carbons (Fsp3) is 0.250. The summed E-state index contributed by atoms with van der Waals surface area (Å²) in [4.78, 5) is 18.6. The summed E-state index contributed by atoms with van der Waals surface area (Å²) in [6.45, 7) is 4.79. The smallest absolute Gasteiger partial charge is 0.239 e. The van der Waals surface area contributed by atoms with E-state index in [0.717, 1.165) is 16.4 Å². The first-order chi connectivity index (χ1) is 12.1. The van der Waals surface area contributed by atoms with Crippen molar-refractivity contribution in [2.24, 2.45) is 4.99 Å². The van der Waals surface area contributed by atoms with E-state index in [0.29, 0.717) is 23.8 Å². The third-order valence-electron chi connectivity index (χ3n) is 4.06. The van der Waals surface area contributed by atoms with Crippen molar-refractivity contribution in [2.45, 2.75) is 26.3 Å². The maximum atomic E-state index is 12.2. The van der Waals surface area contributed by atoms with Crippen LogP contribution in [0.1, 0.15) is 36.5 Å². The lowest BCUT2D eigenvalue weighted by Gasteiger charge is -2.16. The fourth-order valence-electron chi connectivity index (χ4n) is 2.55. The average molecular weight is 349 g/mol. The van der Waals surface area contributed by atoms with Gasteiger partial charge in [0.2, 0.25) is 5.91 Å². The molecular weight excluding hydrogens is 330 g/mol. The molecule has 0 saturated carbocycles. The monoisotopic (exact) mass is 349 g/mol. The van der Waals surface area contributed by atoms with E-state index in [1.807, 2.05) is 24.3 Å². The summed E-state index contributed by atoms with van der Waals surface area (Å²) < 4.78 is 0. The second-order valence-corrected chi connectivity index (χ2v) is 7.16. The number of carbonyl (C=O) groups excluding carboxylic acids is 1. The van der Waals surface area contributed by atoms with Gasteiger partial charge in [-0.15, -0.1) is 0 Å². The van der Waals surface area contributed by atoms with Crippen molar-refractivity contribution < 1.29 is 4.79 Å². The number of aliphatic imine (C=N–C) groups is 1. The Morgan fingerprint density at radius 3 is 2.44 bits per heavy atom. The Kier molecular flexibility index (Phi) is 5.20. The number of amidine groups is 1. The molecule has 1 heterocycles. The average Bonchev–Trinajstić information content (AvgIpc) is 2.96. The van der Waals surface area contributed by atoms with Gasteiger partial charge >= 0.3 is 0 Å². The van der Waals surface area contributed by atoms with Crippen LogP contribution in [0.4, 0.5) is 5.69 Å². The van der Waals surface area contributed by atoms with E-state index in [1.165, 1.54) is 17.3 Å². The second kappa shape index (κ2) is 7.54. The Labute approximate surface area is 152 Å². The predicted octanol–water partition coefficient (Wildman–Crippen LogP) is 4.44. The highest BCUT2D eigenvalue weighted by atomic mass is 32.2. The van der Waals surface area contributed by atoms with Crippen LogP contribution in [0.15, 0.2) is 53.5 Å². The van der Waals surface area contributed by atoms with Crippen LogP contribution in [0, 0.1) is 11.3 Å². The number of hydrogen-bond donors (Lipinski definition) is 0. The van der Waals surface area contributed by atoms with Crippen LogP contribution in [-0.2, 0) is 11.3 Å². The number of amides is 1. The van der Waals surface area contributed by atoms with Crippen molar-refractivity contribution in [1.82, 2.24) is 4.90 Å². The van der Waals surface area contributed by atoms with E-state index in [9.17, 15) is 4.79 Å². The molecule has 0 radical (unpaired) electrons. The molecule has 3 rings (SSSR count). The third kappa shape index (κ3) is 4.09. The van der Waals surface area contributed by atoms with Crippen LogP contribution in [0.25, 0.3) is 0 Å². The molecule has 0 bridgehead atoms. The maximum absolute atomic E-state index is 12.2. The highest BCUT2D eigenvalue weighted by molar-refractivity contribution is 8.15. The van der Waals surface area contributed by atoms with Crippen LogP contribution >= 0.6 is 11.8 Å². The molecule has 4 nitrogen and oxygen atoms in total. The van der Waals surface area contributed by atoms with Crippen molar-refractivity contribution >= 4 is 28.5 Å². The number of carbonyl (C=O) groups is 1. The molecule has 1 fully saturated rings. The van der Waals surface area contributed by atoms with Gasteiger partial charge in [0.15, 0.2) is 5.17 Å². The minimum Gasteiger partial charge on any atom is -0.286 e. The Morgan fingerprint density at radius 2 is 1.84 bits per heavy atom. The fourth-order valence-corrected chi connectivity index (χ4v) is 3.45. The summed E-state index contributed by atoms with van der Waals surface area (Å²) in [5, 5.41) is 9.61. The van der Waals surface area contributed by atoms with Crippen molar-refractivity contribution in [3.8, 4) is 6.07 Å². The molecule has 126 valence electrons. The Morgan fingerprint density at radius 1 is 1.16 bits per heavy atom. The molecule has 0 aliphatic carbocycles. The number of hydrogen-bond acceptors (Lipinski definition) is 4.